The molecular weight excluding hydrogens is 454 g/mol. The van der Waals surface area contributed by atoms with Gasteiger partial charge in [-0.1, -0.05) is 0 Å². The Balaban J connectivity index is 1.65. The number of aromatic nitrogens is 4. The second kappa shape index (κ2) is 6.73. The number of hydrogen-bond acceptors (Lipinski definition) is 3. The Labute approximate surface area is 187 Å². The quantitative estimate of drug-likeness (QED) is 0.307. The molecule has 5 rings (SSSR count). The zero-order valence-corrected chi connectivity index (χ0v) is 18.8. The van der Waals surface area contributed by atoms with Crippen molar-refractivity contribution in [2.24, 2.45) is 5.92 Å². The number of halogens is 4. The van der Waals surface area contributed by atoms with Crippen molar-refractivity contribution in [2.75, 3.05) is 6.26 Å². The van der Waals surface area contributed by atoms with Crippen LogP contribution in [-0.2, 0) is 0 Å². The van der Waals surface area contributed by atoms with Crippen molar-refractivity contribution in [3.05, 3.63) is 42.7 Å². The number of fused-ring (bicyclic) bond motifs is 3. The summed E-state index contributed by atoms with van der Waals surface area (Å²) in [6.45, 7) is 0. The number of benzene rings is 1. The molecule has 1 aliphatic rings. The number of nitrogens with one attached hydrogen (secondary N) is 1. The Morgan fingerprint density at radius 1 is 1.09 bits per heavy atom. The van der Waals surface area contributed by atoms with Crippen LogP contribution in [0.25, 0.3) is 33.5 Å². The fourth-order valence-electron chi connectivity index (χ4n) is 4.83. The van der Waals surface area contributed by atoms with Crippen LogP contribution in [0, 0.1) is 17.2 Å². The van der Waals surface area contributed by atoms with Gasteiger partial charge in [-0.25, -0.2) is 9.97 Å². The zero-order chi connectivity index (χ0) is 23.5. The van der Waals surface area contributed by atoms with Crippen molar-refractivity contribution in [1.82, 2.24) is 19.5 Å². The number of hydrogen-bond donors (Lipinski definition) is 1. The lowest BCUT2D eigenvalue weighted by atomic mass is 9.84. The van der Waals surface area contributed by atoms with Crippen molar-refractivity contribution in [1.29, 1.82) is 5.26 Å². The predicted molar refractivity (Wildman–Crippen MR) is 122 cm³/mol. The van der Waals surface area contributed by atoms with Gasteiger partial charge >= 0.3 is 0 Å². The summed E-state index contributed by atoms with van der Waals surface area (Å²) in [4.78, 5) is 11.0. The van der Waals surface area contributed by atoms with Crippen molar-refractivity contribution >= 4 is 31.9 Å². The van der Waals surface area contributed by atoms with E-state index in [-0.39, 0.29) is 12.3 Å². The predicted octanol–water partition coefficient (Wildman–Crippen LogP) is 7.63. The van der Waals surface area contributed by atoms with Crippen LogP contribution in [0.15, 0.2) is 47.6 Å². The third kappa shape index (κ3) is 3.95. The molecule has 1 aromatic carbocycles. The van der Waals surface area contributed by atoms with Crippen LogP contribution >= 0.6 is 9.84 Å². The topological polar surface area (TPSA) is 70.3 Å². The van der Waals surface area contributed by atoms with Crippen molar-refractivity contribution in [2.45, 2.75) is 43.0 Å². The molecule has 3 heterocycles. The van der Waals surface area contributed by atoms with E-state index in [1.54, 1.807) is 12.4 Å². The number of rotatable bonds is 4. The standard InChI is InChI=1S/C23H23F4N5S/c1-33(24,25,26,27)18-8-4-16(5-9-18)23-31-20-14-30-22-19(11-13-29-22)21(20)32(23)17-6-2-15(3-7-17)10-12-28/h4-5,8-9,11,13-15,17H,2-3,6-7,10H2,1H3,(H,29,30). The molecule has 0 radical (unpaired) electrons. The van der Waals surface area contributed by atoms with Crippen LogP contribution in [0.2, 0.25) is 0 Å². The highest BCUT2D eigenvalue weighted by atomic mass is 32.5. The summed E-state index contributed by atoms with van der Waals surface area (Å²) in [6.07, 6.45) is 7.19. The van der Waals surface area contributed by atoms with Gasteiger partial charge in [-0.3, -0.25) is 0 Å². The van der Waals surface area contributed by atoms with Crippen LogP contribution in [0.3, 0.4) is 0 Å². The second-order valence-electron chi connectivity index (χ2n) is 9.08. The van der Waals surface area contributed by atoms with Crippen molar-refractivity contribution in [3.8, 4) is 17.5 Å². The third-order valence-electron chi connectivity index (χ3n) is 6.50. The van der Waals surface area contributed by atoms with Crippen LogP contribution < -0.4 is 0 Å². The number of pyridine rings is 1. The van der Waals surface area contributed by atoms with Gasteiger partial charge in [0, 0.05) is 29.6 Å². The molecular formula is C23H23F4N5S. The first kappa shape index (κ1) is 21.8. The first-order valence-corrected chi connectivity index (χ1v) is 13.2. The molecule has 1 aliphatic carbocycles. The van der Waals surface area contributed by atoms with Gasteiger partial charge in [0.15, 0.2) is 9.84 Å². The van der Waals surface area contributed by atoms with E-state index in [1.807, 2.05) is 6.07 Å². The Morgan fingerprint density at radius 3 is 2.42 bits per heavy atom. The number of nitrogens with zero attached hydrogens (tertiary/aromatic N) is 4. The fourth-order valence-corrected chi connectivity index (χ4v) is 5.65. The van der Waals surface area contributed by atoms with E-state index in [0.29, 0.717) is 34.9 Å². The molecule has 0 amide bonds. The molecule has 1 fully saturated rings. The van der Waals surface area contributed by atoms with Gasteiger partial charge in [-0.05, 0) is 61.9 Å². The van der Waals surface area contributed by atoms with Gasteiger partial charge in [0.2, 0.25) is 0 Å². The molecule has 3 aromatic heterocycles. The summed E-state index contributed by atoms with van der Waals surface area (Å²) in [5.74, 6) is 0.894. The minimum absolute atomic E-state index is 0.0840. The van der Waals surface area contributed by atoms with Gasteiger partial charge in [-0.2, -0.15) is 5.26 Å². The molecule has 0 atom stereocenters. The van der Waals surface area contributed by atoms with Crippen LogP contribution in [0.5, 0.6) is 0 Å². The highest BCUT2D eigenvalue weighted by molar-refractivity contribution is 8.49. The minimum Gasteiger partial charge on any atom is -0.346 e. The molecule has 0 spiro atoms. The molecule has 10 heteroatoms. The van der Waals surface area contributed by atoms with Gasteiger partial charge in [0.05, 0.1) is 28.9 Å². The van der Waals surface area contributed by atoms with Crippen molar-refractivity contribution in [3.63, 3.8) is 0 Å². The molecule has 0 saturated heterocycles. The normalized spacial score (nSPS) is 21.6. The average Bonchev–Trinajstić information content (AvgIpc) is 3.37. The van der Waals surface area contributed by atoms with Crippen LogP contribution in [0.1, 0.15) is 38.1 Å². The molecule has 4 aromatic rings. The van der Waals surface area contributed by atoms with E-state index in [2.05, 4.69) is 20.6 Å². The lowest BCUT2D eigenvalue weighted by Gasteiger charge is -2.46. The maximum atomic E-state index is 13.9. The van der Waals surface area contributed by atoms with E-state index < -0.39 is 14.7 Å². The third-order valence-corrected chi connectivity index (χ3v) is 7.96. The molecule has 33 heavy (non-hydrogen) atoms. The highest BCUT2D eigenvalue weighted by Gasteiger charge is 2.59. The lowest BCUT2D eigenvalue weighted by Crippen LogP contribution is -2.19. The van der Waals surface area contributed by atoms with Crippen LogP contribution in [0.4, 0.5) is 15.5 Å². The van der Waals surface area contributed by atoms with Gasteiger partial charge in [0.25, 0.3) is 0 Å². The number of imidazole rings is 1. The number of nitriles is 1. The molecule has 1 saturated carbocycles. The summed E-state index contributed by atoms with van der Waals surface area (Å²) in [7, 11) is -8.26. The minimum atomic E-state index is -8.26. The van der Waals surface area contributed by atoms with Gasteiger partial charge in [-0.15, -0.1) is 15.5 Å². The summed E-state index contributed by atoms with van der Waals surface area (Å²) in [6, 6.07) is 8.43. The molecule has 174 valence electrons. The fraction of sp³-hybridized carbons (Fsp3) is 0.348. The SMILES string of the molecule is CS(F)(F)(F)(F)c1ccc(-c2nc3cnc4[nH]ccc4c3n2C2CCC(CC#N)CC2)cc1. The van der Waals surface area contributed by atoms with E-state index in [4.69, 9.17) is 10.2 Å². The molecule has 0 bridgehead atoms. The summed E-state index contributed by atoms with van der Waals surface area (Å²) in [5, 5.41) is 9.92. The lowest BCUT2D eigenvalue weighted by molar-refractivity contribution is 0.283. The summed E-state index contributed by atoms with van der Waals surface area (Å²) in [5.41, 5.74) is 2.72. The second-order valence-corrected chi connectivity index (χ2v) is 12.5. The van der Waals surface area contributed by atoms with E-state index >= 15 is 0 Å². The first-order chi connectivity index (χ1) is 15.4. The number of aromatic amines is 1. The number of H-pyrrole nitrogens is 1. The van der Waals surface area contributed by atoms with Crippen LogP contribution in [-0.4, -0.2) is 25.8 Å². The maximum Gasteiger partial charge on any atom is 0.184 e. The summed E-state index contributed by atoms with van der Waals surface area (Å²) < 4.78 is 57.6. The monoisotopic (exact) mass is 477 g/mol. The summed E-state index contributed by atoms with van der Waals surface area (Å²) >= 11 is 0. The van der Waals surface area contributed by atoms with E-state index in [9.17, 15) is 15.5 Å². The smallest absolute Gasteiger partial charge is 0.184 e. The molecule has 5 nitrogen and oxygen atoms in total. The zero-order valence-electron chi connectivity index (χ0n) is 17.9. The average molecular weight is 478 g/mol. The Morgan fingerprint density at radius 2 is 1.79 bits per heavy atom. The van der Waals surface area contributed by atoms with E-state index in [1.165, 1.54) is 12.1 Å². The van der Waals surface area contributed by atoms with Gasteiger partial charge in [0.1, 0.15) is 17.0 Å². The maximum absolute atomic E-state index is 13.9. The Hall–Kier alpha value is -3.06. The first-order valence-electron chi connectivity index (χ1n) is 10.8. The molecule has 0 unspecified atom stereocenters. The molecule has 1 N–H and O–H groups in total. The molecule has 0 aliphatic heterocycles. The highest BCUT2D eigenvalue weighted by Crippen LogP contribution is 2.98. The Kier molecular flexibility index (Phi) is 4.44. The Bertz CT molecular complexity index is 1390. The van der Waals surface area contributed by atoms with Gasteiger partial charge < -0.3 is 9.55 Å². The van der Waals surface area contributed by atoms with Crippen molar-refractivity contribution < 1.29 is 15.5 Å². The largest absolute Gasteiger partial charge is 0.346 e. The van der Waals surface area contributed by atoms with E-state index in [0.717, 1.165) is 48.7 Å².